The van der Waals surface area contributed by atoms with Crippen molar-refractivity contribution in [2.45, 2.75) is 37.7 Å². The van der Waals surface area contributed by atoms with Crippen LogP contribution in [0.2, 0.25) is 0 Å². The second-order valence-electron chi connectivity index (χ2n) is 4.97. The Morgan fingerprint density at radius 2 is 1.86 bits per heavy atom. The zero-order chi connectivity index (χ0) is 10.6. The van der Waals surface area contributed by atoms with Crippen LogP contribution in [0.3, 0.4) is 0 Å². The molecule has 1 heteroatoms. The van der Waals surface area contributed by atoms with E-state index >= 15 is 0 Å². The van der Waals surface area contributed by atoms with Gasteiger partial charge in [-0.25, -0.2) is 0 Å². The van der Waals surface area contributed by atoms with Crippen molar-refractivity contribution in [2.24, 2.45) is 5.92 Å². The van der Waals surface area contributed by atoms with Crippen LogP contribution in [0.5, 0.6) is 0 Å². The van der Waals surface area contributed by atoms with Crippen molar-refractivity contribution in [1.82, 2.24) is 0 Å². The van der Waals surface area contributed by atoms with E-state index in [4.69, 9.17) is 0 Å². The summed E-state index contributed by atoms with van der Waals surface area (Å²) >= 11 is 2.34. The molecule has 72 valence electrons. The summed E-state index contributed by atoms with van der Waals surface area (Å²) in [5.41, 5.74) is 1.46. The van der Waals surface area contributed by atoms with E-state index in [-0.39, 0.29) is 0 Å². The average Bonchev–Trinajstić information content (AvgIpc) is 2.18. The molecule has 0 aromatic heterocycles. The predicted molar refractivity (Wildman–Crippen MR) is 63.6 cm³/mol. The van der Waals surface area contributed by atoms with E-state index in [1.165, 1.54) is 18.4 Å². The Bertz CT molecular complexity index is 264. The molecule has 0 amide bonds. The summed E-state index contributed by atoms with van der Waals surface area (Å²) < 4.78 is 0.316. The Labute approximate surface area is 97.3 Å². The molecule has 0 aliphatic heterocycles. The fraction of sp³-hybridized carbons (Fsp3) is 0.538. The van der Waals surface area contributed by atoms with Crippen molar-refractivity contribution in [3.8, 4) is 0 Å². The second kappa shape index (κ2) is 5.06. The van der Waals surface area contributed by atoms with Crippen molar-refractivity contribution in [1.29, 1.82) is 0 Å². The van der Waals surface area contributed by atoms with Crippen LogP contribution in [-0.4, -0.2) is 17.7 Å². The first-order chi connectivity index (χ1) is 6.56. The average molecular weight is 182 g/mol. The van der Waals surface area contributed by atoms with Crippen LogP contribution in [0.15, 0.2) is 30.3 Å². The zero-order valence-electron chi connectivity index (χ0n) is 9.88. The monoisotopic (exact) mass is 182 g/mol. The molecule has 0 saturated carbocycles. The first kappa shape index (κ1) is 11.9. The van der Waals surface area contributed by atoms with Gasteiger partial charge in [0.25, 0.3) is 0 Å². The van der Waals surface area contributed by atoms with Crippen LogP contribution < -0.4 is 0 Å². The van der Waals surface area contributed by atoms with E-state index in [1.807, 2.05) is 0 Å². The van der Waals surface area contributed by atoms with E-state index in [9.17, 15) is 0 Å². The summed E-state index contributed by atoms with van der Waals surface area (Å²) in [6, 6.07) is 10.8. The van der Waals surface area contributed by atoms with E-state index in [2.05, 4.69) is 68.8 Å². The van der Waals surface area contributed by atoms with Gasteiger partial charge in [-0.05, 0) is 0 Å². The van der Waals surface area contributed by atoms with Gasteiger partial charge < -0.3 is 0 Å². The quantitative estimate of drug-likeness (QED) is 0.625. The van der Waals surface area contributed by atoms with E-state index in [1.54, 1.807) is 0 Å². The molecular weight excluding hydrogens is 163 g/mol. The van der Waals surface area contributed by atoms with Crippen LogP contribution in [0.4, 0.5) is 0 Å². The fourth-order valence-corrected chi connectivity index (χ4v) is 2.02. The molecule has 0 radical (unpaired) electrons. The van der Waals surface area contributed by atoms with E-state index in [0.717, 1.165) is 5.92 Å². The molecule has 0 bridgehead atoms. The third-order valence-corrected chi connectivity index (χ3v) is 3.11. The summed E-state index contributed by atoms with van der Waals surface area (Å²) in [6.45, 7) is 6.95. The number of hydrogen-bond donors (Lipinski definition) is 0. The third-order valence-electron chi connectivity index (χ3n) is 3.11. The van der Waals surface area contributed by atoms with Crippen molar-refractivity contribution >= 4 is 17.7 Å². The Morgan fingerprint density at radius 3 is 2.36 bits per heavy atom. The zero-order valence-corrected chi connectivity index (χ0v) is 9.88. The number of rotatable bonds is 4. The summed E-state index contributed by atoms with van der Waals surface area (Å²) in [6.07, 6.45) is 2.55. The molecule has 0 saturated heterocycles. The molecule has 1 rings (SSSR count). The first-order valence-electron chi connectivity index (χ1n) is 5.62. The predicted octanol–water partition coefficient (Wildman–Crippen LogP) is 3.51. The Kier molecular flexibility index (Phi) is 4.29. The SMILES string of the molecule is [Li][C](C)(CC(C)CC)c1ccccc1. The molecule has 0 N–H and O–H groups in total. The van der Waals surface area contributed by atoms with E-state index in [0.29, 0.717) is 4.09 Å². The van der Waals surface area contributed by atoms with E-state index < -0.39 is 0 Å². The second-order valence-corrected chi connectivity index (χ2v) is 4.97. The van der Waals surface area contributed by atoms with Gasteiger partial charge in [0.05, 0.1) is 0 Å². The first-order valence-corrected chi connectivity index (χ1v) is 5.62. The summed E-state index contributed by atoms with van der Waals surface area (Å²) in [5.74, 6) is 0.810. The minimum atomic E-state index is 0.316. The van der Waals surface area contributed by atoms with Crippen LogP contribution in [0, 0.1) is 5.92 Å². The van der Waals surface area contributed by atoms with Gasteiger partial charge in [-0.2, -0.15) is 0 Å². The van der Waals surface area contributed by atoms with Gasteiger partial charge in [0.1, 0.15) is 0 Å². The van der Waals surface area contributed by atoms with Gasteiger partial charge in [0.15, 0.2) is 0 Å². The van der Waals surface area contributed by atoms with Crippen molar-refractivity contribution in [2.75, 3.05) is 0 Å². The molecular formula is C13H19Li. The normalized spacial score (nSPS) is 17.5. The van der Waals surface area contributed by atoms with Crippen molar-refractivity contribution in [3.05, 3.63) is 35.9 Å². The molecule has 2 atom stereocenters. The van der Waals surface area contributed by atoms with Gasteiger partial charge in [0, 0.05) is 0 Å². The summed E-state index contributed by atoms with van der Waals surface area (Å²) in [5, 5.41) is 0. The van der Waals surface area contributed by atoms with Gasteiger partial charge >= 0.3 is 97.2 Å². The molecule has 0 aliphatic carbocycles. The van der Waals surface area contributed by atoms with Gasteiger partial charge in [-0.15, -0.1) is 0 Å². The topological polar surface area (TPSA) is 0 Å². The van der Waals surface area contributed by atoms with Gasteiger partial charge in [-0.3, -0.25) is 0 Å². The third kappa shape index (κ3) is 3.19. The minimum absolute atomic E-state index is 0.316. The van der Waals surface area contributed by atoms with Crippen molar-refractivity contribution in [3.63, 3.8) is 0 Å². The number of hydrogen-bond acceptors (Lipinski definition) is 0. The fourth-order valence-electron chi connectivity index (χ4n) is 2.02. The Balaban J connectivity index is 2.75. The molecule has 2 unspecified atom stereocenters. The molecule has 0 nitrogen and oxygen atoms in total. The molecule has 1 aromatic rings. The summed E-state index contributed by atoms with van der Waals surface area (Å²) in [7, 11) is 0. The Morgan fingerprint density at radius 1 is 1.29 bits per heavy atom. The summed E-state index contributed by atoms with van der Waals surface area (Å²) in [4.78, 5) is 0. The van der Waals surface area contributed by atoms with Crippen LogP contribution in [-0.2, 0) is 4.09 Å². The molecule has 14 heavy (non-hydrogen) atoms. The maximum atomic E-state index is 2.34. The molecule has 0 heterocycles. The molecule has 0 fully saturated rings. The van der Waals surface area contributed by atoms with Crippen LogP contribution >= 0.6 is 0 Å². The Hall–Kier alpha value is -0.183. The van der Waals surface area contributed by atoms with Crippen LogP contribution in [0.1, 0.15) is 39.2 Å². The van der Waals surface area contributed by atoms with Gasteiger partial charge in [-0.1, -0.05) is 0 Å². The van der Waals surface area contributed by atoms with Crippen molar-refractivity contribution < 1.29 is 0 Å². The van der Waals surface area contributed by atoms with Crippen LogP contribution in [0.25, 0.3) is 0 Å². The number of benzene rings is 1. The molecule has 0 aliphatic rings. The molecule has 1 aromatic carbocycles. The maximum absolute atomic E-state index is 2.34. The molecule has 0 spiro atoms. The van der Waals surface area contributed by atoms with Gasteiger partial charge in [0.2, 0.25) is 0 Å². The standard InChI is InChI=1S/C13H19.Li/c1-4-11(2)10-12(3)13-8-6-5-7-9-13;/h5-9,11H,4,10H2,1-3H3;.